The van der Waals surface area contributed by atoms with Crippen molar-refractivity contribution >= 4 is 48.2 Å². The lowest BCUT2D eigenvalue weighted by atomic mass is 9.92. The average Bonchev–Trinajstić information content (AvgIpc) is 1.59. The number of nitriles is 3. The van der Waals surface area contributed by atoms with Crippen LogP contribution in [0, 0.1) is 45.6 Å². The largest absolute Gasteiger partial charge is 0.472 e. The number of hydrogen-bond donors (Lipinski definition) is 7. The fourth-order valence-corrected chi connectivity index (χ4v) is 17.4. The molecule has 2 aliphatic rings. The summed E-state index contributed by atoms with van der Waals surface area (Å²) >= 11 is 0. The summed E-state index contributed by atoms with van der Waals surface area (Å²) in [5, 5.41) is 73.9. The van der Waals surface area contributed by atoms with E-state index >= 15 is 0 Å². The van der Waals surface area contributed by atoms with Crippen molar-refractivity contribution in [3.8, 4) is 18.2 Å². The molecule has 117 heavy (non-hydrogen) atoms. The van der Waals surface area contributed by atoms with Crippen molar-refractivity contribution in [3.05, 3.63) is 113 Å². The molecular formula is C82H121F2N11O19P2S. The first-order valence-corrected chi connectivity index (χ1v) is 46.4. The molecule has 0 bridgehead atoms. The summed E-state index contributed by atoms with van der Waals surface area (Å²) in [5.41, 5.74) is 9.86. The molecule has 35 heteroatoms. The highest BCUT2D eigenvalue weighted by molar-refractivity contribution is 7.90. The molecule has 3 unspecified atom stereocenters. The minimum atomic E-state index is -5.04. The number of anilines is 2. The van der Waals surface area contributed by atoms with Gasteiger partial charge < -0.3 is 65.0 Å². The summed E-state index contributed by atoms with van der Waals surface area (Å²) in [4.78, 5) is 30.7. The number of phosphoric ester groups is 2. The lowest BCUT2D eigenvalue weighted by molar-refractivity contribution is -0.0688. The number of phosphoric acid groups is 2. The number of sulfone groups is 1. The Bertz CT molecular complexity index is 4380. The number of unbranched alkanes of at least 4 members (excludes halogenated alkanes) is 26. The van der Waals surface area contributed by atoms with Crippen molar-refractivity contribution < 1.29 is 98.0 Å². The molecule has 30 nitrogen and oxygen atoms in total. The van der Waals surface area contributed by atoms with Crippen LogP contribution < -0.4 is 11.5 Å². The normalized spacial score (nSPS) is 20.8. The van der Waals surface area contributed by atoms with Crippen molar-refractivity contribution in [2.75, 3.05) is 70.6 Å². The van der Waals surface area contributed by atoms with Crippen LogP contribution in [-0.2, 0) is 89.9 Å². The van der Waals surface area contributed by atoms with Crippen LogP contribution in [-0.4, -0.2) is 165 Å². The van der Waals surface area contributed by atoms with E-state index in [-0.39, 0.29) is 97.6 Å². The summed E-state index contributed by atoms with van der Waals surface area (Å²) in [6.07, 6.45) is 24.8. The number of hydrogen-bond acceptors (Lipinski definition) is 26. The predicted molar refractivity (Wildman–Crippen MR) is 432 cm³/mol. The van der Waals surface area contributed by atoms with Crippen molar-refractivity contribution in [1.82, 2.24) is 29.2 Å². The van der Waals surface area contributed by atoms with Gasteiger partial charge in [0.1, 0.15) is 77.8 Å². The number of ether oxygens (including phenoxy) is 6. The number of aliphatic hydroxyl groups excluding tert-OH is 3. The van der Waals surface area contributed by atoms with E-state index in [0.29, 0.717) is 35.4 Å². The van der Waals surface area contributed by atoms with Crippen molar-refractivity contribution in [2.24, 2.45) is 0 Å². The zero-order chi connectivity index (χ0) is 84.3. The Morgan fingerprint density at radius 2 is 1.05 bits per heavy atom. The lowest BCUT2D eigenvalue weighted by Gasteiger charge is -2.25. The molecule has 648 valence electrons. The summed E-state index contributed by atoms with van der Waals surface area (Å²) in [6, 6.07) is 19.1. The molecule has 0 amide bonds. The monoisotopic (exact) mass is 1700 g/mol. The molecule has 9 N–H and O–H groups in total. The Labute approximate surface area is 686 Å². The van der Waals surface area contributed by atoms with Gasteiger partial charge in [0.15, 0.2) is 27.3 Å². The van der Waals surface area contributed by atoms with Crippen molar-refractivity contribution in [2.45, 2.75) is 297 Å². The summed E-state index contributed by atoms with van der Waals surface area (Å²) in [6.45, 7) is 1.99. The molecule has 0 spiro atoms. The number of aliphatic hydroxyl groups is 3. The molecule has 2 saturated heterocycles. The maximum atomic E-state index is 14.5. The fraction of sp³-hybridized carbons (Fsp3) is 0.671. The molecule has 2 aliphatic heterocycles. The summed E-state index contributed by atoms with van der Waals surface area (Å²) in [5.74, 6) is -0.873. The zero-order valence-corrected chi connectivity index (χ0v) is 70.5. The first kappa shape index (κ1) is 95.9. The predicted octanol–water partition coefficient (Wildman–Crippen LogP) is 14.6. The third-order valence-electron chi connectivity index (χ3n) is 21.2. The zero-order valence-electron chi connectivity index (χ0n) is 67.9. The van der Waals surface area contributed by atoms with Crippen LogP contribution in [0.15, 0.2) is 71.9 Å². The third-order valence-corrected chi connectivity index (χ3v) is 24.4. The van der Waals surface area contributed by atoms with Gasteiger partial charge in [-0.3, -0.25) is 18.1 Å². The van der Waals surface area contributed by atoms with Crippen LogP contribution in [0.25, 0.3) is 11.0 Å². The number of fused-ring (bicyclic) bond motifs is 2. The van der Waals surface area contributed by atoms with E-state index in [1.807, 2.05) is 12.1 Å². The van der Waals surface area contributed by atoms with Crippen LogP contribution in [0.5, 0.6) is 0 Å². The van der Waals surface area contributed by atoms with Gasteiger partial charge in [0.25, 0.3) is 0 Å². The van der Waals surface area contributed by atoms with Crippen LogP contribution in [0.1, 0.15) is 259 Å². The molecule has 6 heterocycles. The van der Waals surface area contributed by atoms with Gasteiger partial charge in [0.2, 0.25) is 11.2 Å². The maximum absolute atomic E-state index is 14.5. The number of aromatic nitrogens is 6. The number of benzene rings is 2. The Kier molecular flexibility index (Phi) is 40.0. The van der Waals surface area contributed by atoms with Gasteiger partial charge in [-0.25, -0.2) is 45.3 Å². The van der Waals surface area contributed by atoms with Crippen LogP contribution >= 0.6 is 15.6 Å². The van der Waals surface area contributed by atoms with E-state index in [1.165, 1.54) is 116 Å². The van der Waals surface area contributed by atoms with Gasteiger partial charge in [-0.1, -0.05) is 187 Å². The Hall–Kier alpha value is -6.58. The molecule has 8 rings (SSSR count). The van der Waals surface area contributed by atoms with E-state index in [4.69, 9.17) is 68.1 Å². The molecule has 4 aromatic heterocycles. The van der Waals surface area contributed by atoms with Crippen LogP contribution in [0.3, 0.4) is 0 Å². The lowest BCUT2D eigenvalue weighted by Crippen LogP contribution is -2.41. The molecule has 2 fully saturated rings. The van der Waals surface area contributed by atoms with Gasteiger partial charge in [-0.2, -0.15) is 26.0 Å². The number of nitrogens with two attached hydrogens (primary N) is 2. The SMILES string of the molecule is CCCCCCCCCCCCCCCCCCOC[C@H](COCc1cc(F)cc(S(C)(=O)=O)c1)OP(=O)(O)OC[C@@H]1C[C@@H](O)[C@](C#N)(c2ccc3c(N)nc(C(CCCCCCCC)CCCCCCCCCOC[C@H](COCc4cc(F)cc(C#N)c4)OP(=O)(O)OC[C@H]4O[C@@](C#N)(c5ccc6c(N)ncnn56)[C@H](O)[C@@H]4O)nn23)O1. The molecule has 2 aromatic carbocycles. The fourth-order valence-electron chi connectivity index (χ4n) is 14.9. The van der Waals surface area contributed by atoms with Gasteiger partial charge in [-0.15, -0.1) is 0 Å². The topological polar surface area (TPSA) is 446 Å². The summed E-state index contributed by atoms with van der Waals surface area (Å²) < 4.78 is 141. The summed E-state index contributed by atoms with van der Waals surface area (Å²) in [7, 11) is -13.8. The van der Waals surface area contributed by atoms with Crippen molar-refractivity contribution in [3.63, 3.8) is 0 Å². The molecule has 0 saturated carbocycles. The second kappa shape index (κ2) is 48.8. The van der Waals surface area contributed by atoms with Gasteiger partial charge >= 0.3 is 15.6 Å². The second-order valence-electron chi connectivity index (χ2n) is 30.8. The number of rotatable bonds is 60. The highest BCUT2D eigenvalue weighted by Gasteiger charge is 2.58. The molecule has 0 radical (unpaired) electrons. The van der Waals surface area contributed by atoms with E-state index in [1.54, 1.807) is 12.1 Å². The van der Waals surface area contributed by atoms with Crippen LogP contribution in [0.4, 0.5) is 20.4 Å². The minimum absolute atomic E-state index is 0.00466. The molecule has 0 aliphatic carbocycles. The Balaban J connectivity index is 0.811. The smallest absolute Gasteiger partial charge is 0.388 e. The Morgan fingerprint density at radius 1 is 0.590 bits per heavy atom. The number of nitrogens with zero attached hydrogens (tertiary/aromatic N) is 9. The van der Waals surface area contributed by atoms with Gasteiger partial charge in [-0.05, 0) is 97.5 Å². The highest BCUT2D eigenvalue weighted by atomic mass is 32.2. The second-order valence-corrected chi connectivity index (χ2v) is 35.6. The maximum Gasteiger partial charge on any atom is 0.472 e. The van der Waals surface area contributed by atoms with Crippen molar-refractivity contribution in [1.29, 1.82) is 15.8 Å². The number of nitrogen functional groups attached to an aromatic ring is 2. The average molecular weight is 1700 g/mol. The van der Waals surface area contributed by atoms with E-state index in [9.17, 15) is 67.2 Å². The third kappa shape index (κ3) is 29.9. The first-order chi connectivity index (χ1) is 56.3. The first-order valence-electron chi connectivity index (χ1n) is 41.6. The van der Waals surface area contributed by atoms with E-state index < -0.39 is 104 Å². The van der Waals surface area contributed by atoms with Crippen LogP contribution in [0.2, 0.25) is 0 Å². The molecular weight excluding hydrogens is 1570 g/mol. The van der Waals surface area contributed by atoms with Gasteiger partial charge in [0, 0.05) is 31.8 Å². The minimum Gasteiger partial charge on any atom is -0.388 e. The molecule has 12 atom stereocenters. The van der Waals surface area contributed by atoms with E-state index in [2.05, 4.69) is 30.0 Å². The standard InChI is InChI=1S/C82H121F2N11O19P2S/c1-4-6-8-10-12-13-14-15-16-17-18-19-20-23-27-31-39-105-51-67(54-108-50-62-44-65(84)46-69(45-62)117(3,103)104)113-115(99,100)109-55-66-47-75(96)81(57-86,111-66)73-37-36-71-79(89)92-80(93-95(71)73)63(33-29-25-11-9-7-5-2)34-30-26-22-21-24-28-32-40-106-52-68(53-107-49-61-41-60(48-85)42-64(83)43-61)114-116(101,102)110-56-72-76(97)77(98)82(58-87,112-72)74-38-35-70-78(88)90-59-91-94(70)74/h35-38,41-46,59,63,66-68,72,75-77,96-98H,4-34,39-40,47,49-56H2,1-3H3,(H,99,100)(H,101,102)(H2,88,90,91)(H2,89,92,93)/t63?,66-,67+,68+,72+,75+,76+,77+,81-,82-/m0/s1. The van der Waals surface area contributed by atoms with Gasteiger partial charge in [0.05, 0.1) is 86.9 Å². The quantitative estimate of drug-likeness (QED) is 0.0138. The molecule has 6 aromatic rings. The highest BCUT2D eigenvalue weighted by Crippen LogP contribution is 2.49. The van der Waals surface area contributed by atoms with E-state index in [0.717, 1.165) is 146 Å². The Morgan fingerprint density at radius 3 is 1.56 bits per heavy atom. The number of halogens is 2.